The summed E-state index contributed by atoms with van der Waals surface area (Å²) in [4.78, 5) is 251. The molecule has 0 heterocycles. The zero-order chi connectivity index (χ0) is 106. The van der Waals surface area contributed by atoms with Crippen molar-refractivity contribution in [2.75, 3.05) is 73.8 Å². The molecule has 0 radical (unpaired) electrons. The number of aliphatic hydroxyl groups is 2. The first kappa shape index (κ1) is 125. The van der Waals surface area contributed by atoms with E-state index in [0.29, 0.717) is 11.1 Å². The Balaban J connectivity index is 2.42. The Hall–Kier alpha value is -12.0. The van der Waals surface area contributed by atoms with Crippen LogP contribution in [0.25, 0.3) is 0 Å². The molecule has 0 spiro atoms. The Morgan fingerprint density at radius 1 is 0.298 bits per heavy atom. The van der Waals surface area contributed by atoms with Crippen molar-refractivity contribution in [1.82, 2.24) is 112 Å². The van der Waals surface area contributed by atoms with Gasteiger partial charge in [0.15, 0.2) is 23.8 Å². The van der Waals surface area contributed by atoms with Gasteiger partial charge in [-0.2, -0.15) is 75.8 Å². The Morgan fingerprint density at radius 2 is 0.525 bits per heavy atom. The maximum atomic E-state index is 14.5. The molecule has 2 rings (SSSR count). The molecular formula is C84H140N30O21S6. The summed E-state index contributed by atoms with van der Waals surface area (Å²) in [7, 11) is 0. The molecule has 0 fully saturated rings. The molecule has 0 saturated heterocycles. The SMILES string of the molecule is CC[C@H](C)[C@H](NC(=O)[C@H](CS)NC(=O)[C@H](CCCNC(=N)N)NC(=O)[C@H](CS)NC(=O)[C@H](Cc1ccccc1)NC(=O)CNC(=O)[C@H](CCCNC(=N)N)NC(=O)[C@@H](NC(=O)[C@H](CS)NC(=O)[C@@H](NC(=O)[C@H](CS)NC(=O)[C@H](CCCNC(=N)N)NC(=O)[C@H](CS)NC(=O)[C@H](Cc1ccccc1)NC(=O)CN)[C@@H](C)CC)[C@@H](C)O)C(=O)N[C@@H](CS)C(=O)N[C@H](C(=O)N[C@@H](CCCNC(=N)N)C(=O)O)[C@@H](C)O. The Bertz CT molecular complexity index is 4510. The van der Waals surface area contributed by atoms with Gasteiger partial charge in [-0.3, -0.25) is 103 Å². The van der Waals surface area contributed by atoms with E-state index in [0.717, 1.165) is 13.8 Å². The number of carbonyl (C=O) groups excluding carboxylic acids is 17. The Kier molecular flexibility index (Phi) is 59.7. The van der Waals surface area contributed by atoms with Gasteiger partial charge in [-0.25, -0.2) is 4.79 Å². The van der Waals surface area contributed by atoms with Gasteiger partial charge in [0, 0.05) is 73.5 Å². The Labute approximate surface area is 849 Å². The number of carboxylic acid groups (broad SMARTS) is 1. The molecule has 0 aromatic heterocycles. The number of guanidine groups is 4. The molecule has 0 aliphatic heterocycles. The summed E-state index contributed by atoms with van der Waals surface area (Å²) in [5, 5.41) is 114. The van der Waals surface area contributed by atoms with Crippen LogP contribution >= 0.6 is 75.8 Å². The van der Waals surface area contributed by atoms with Crippen LogP contribution in [0.5, 0.6) is 0 Å². The monoisotopic (exact) mass is 2100 g/mol. The van der Waals surface area contributed by atoms with Crippen LogP contribution in [-0.2, 0) is 99.1 Å². The van der Waals surface area contributed by atoms with Gasteiger partial charge in [-0.15, -0.1) is 0 Å². The minimum atomic E-state index is -1.91. The number of aliphatic hydroxyl groups excluding tert-OH is 2. The predicted molar refractivity (Wildman–Crippen MR) is 543 cm³/mol. The number of amides is 17. The zero-order valence-electron chi connectivity index (χ0n) is 79.1. The molecule has 788 valence electrons. The number of nitrogens with two attached hydrogens (primary N) is 5. The van der Waals surface area contributed by atoms with Crippen LogP contribution in [0.1, 0.15) is 117 Å². The van der Waals surface area contributed by atoms with Crippen LogP contribution in [0.3, 0.4) is 0 Å². The maximum Gasteiger partial charge on any atom is 0.326 e. The van der Waals surface area contributed by atoms with Crippen molar-refractivity contribution in [2.24, 2.45) is 40.5 Å². The first-order valence-electron chi connectivity index (χ1n) is 45.1. The number of rotatable bonds is 67. The van der Waals surface area contributed by atoms with Gasteiger partial charge < -0.3 is 156 Å². The van der Waals surface area contributed by atoms with E-state index in [9.17, 15) is 102 Å². The van der Waals surface area contributed by atoms with Crippen LogP contribution < -0.4 is 140 Å². The van der Waals surface area contributed by atoms with E-state index in [4.69, 9.17) is 50.3 Å². The molecule has 38 N–H and O–H groups in total. The van der Waals surface area contributed by atoms with Gasteiger partial charge in [0.05, 0.1) is 25.3 Å². The molecule has 0 saturated carbocycles. The highest BCUT2D eigenvalue weighted by molar-refractivity contribution is 7.81. The zero-order valence-corrected chi connectivity index (χ0v) is 84.4. The topological polar surface area (TPSA) is 846 Å². The fourth-order valence-electron chi connectivity index (χ4n) is 13.2. The van der Waals surface area contributed by atoms with Gasteiger partial charge in [0.2, 0.25) is 100 Å². The van der Waals surface area contributed by atoms with Crippen molar-refractivity contribution in [2.45, 2.75) is 227 Å². The number of nitrogens with one attached hydrogen (secondary N) is 25. The van der Waals surface area contributed by atoms with Gasteiger partial charge in [0.1, 0.15) is 96.7 Å². The molecule has 141 heavy (non-hydrogen) atoms. The highest BCUT2D eigenvalue weighted by atomic mass is 32.1. The lowest BCUT2D eigenvalue weighted by Gasteiger charge is -2.29. The number of benzene rings is 2. The third-order valence-electron chi connectivity index (χ3n) is 21.5. The molecule has 0 bridgehead atoms. The largest absolute Gasteiger partial charge is 0.480 e. The highest BCUT2D eigenvalue weighted by Crippen LogP contribution is 2.16. The van der Waals surface area contributed by atoms with Crippen molar-refractivity contribution in [3.63, 3.8) is 0 Å². The van der Waals surface area contributed by atoms with Gasteiger partial charge >= 0.3 is 5.97 Å². The minimum Gasteiger partial charge on any atom is -0.480 e. The van der Waals surface area contributed by atoms with E-state index in [-0.39, 0.29) is 115 Å². The van der Waals surface area contributed by atoms with Crippen LogP contribution in [0.2, 0.25) is 0 Å². The normalized spacial score (nSPS) is 15.2. The molecular weight excluding hydrogens is 1960 g/mol. The molecule has 17 amide bonds. The molecule has 20 atom stereocenters. The van der Waals surface area contributed by atoms with Crippen LogP contribution in [0.4, 0.5) is 0 Å². The minimum absolute atomic E-state index is 0.00246. The summed E-state index contributed by atoms with van der Waals surface area (Å²) in [5.41, 5.74) is 28.4. The maximum absolute atomic E-state index is 14.5. The summed E-state index contributed by atoms with van der Waals surface area (Å²) in [6.45, 7) is 7.46. The molecule has 2 aromatic carbocycles. The van der Waals surface area contributed by atoms with Gasteiger partial charge in [-0.05, 0) is 88.2 Å². The third kappa shape index (κ3) is 47.4. The first-order valence-corrected chi connectivity index (χ1v) is 48.9. The first-order chi connectivity index (χ1) is 66.7. The van der Waals surface area contributed by atoms with Crippen LogP contribution in [0.15, 0.2) is 60.7 Å². The van der Waals surface area contributed by atoms with E-state index >= 15 is 0 Å². The van der Waals surface area contributed by atoms with Crippen molar-refractivity contribution in [3.8, 4) is 0 Å². The molecule has 2 aromatic rings. The summed E-state index contributed by atoms with van der Waals surface area (Å²) in [6.07, 6.45) is -3.70. The van der Waals surface area contributed by atoms with Crippen molar-refractivity contribution in [1.29, 1.82) is 21.6 Å². The molecule has 0 unspecified atom stereocenters. The fraction of sp³-hybridized carbons (Fsp3) is 0.595. The molecule has 51 nitrogen and oxygen atoms in total. The van der Waals surface area contributed by atoms with E-state index in [1.54, 1.807) is 88.4 Å². The standard InChI is InChI=1S/C84H140N30O21S6/c1-7-41(3)61(111-72(126)55(37-138)105-66(120)48(24-16-28-95-82(88)89)101-70(124)53(35-136)107-68(122)51(99-59(117)33-85)31-45-19-11-9-12-20-45)76(130)109-57(39-140)74(128)113-63(43(5)115)78(132)103-47(23-15-27-94-81(86)87)65(119)98-34-60(118)100-52(32-46-21-13-10-14-22-46)69(123)108-54(36-137)71(125)102-49(25-17-29-96-83(90)91)67(121)106-56(38-139)73(127)112-62(42(4)8-2)77(131)110-58(40-141)75(129)114-64(44(6)116)79(133)104-50(80(134)135)26-18-30-97-84(92)93/h9-14,19-22,41-44,47-58,61-64,115-116,136-141H,7-8,15-18,23-40,85H2,1-6H3,(H,98,119)(H,99,117)(H,100,118)(H,101,124)(H,102,125)(H,103,132)(H,104,133)(H,105,120)(H,106,121)(H,107,122)(H,108,123)(H,109,130)(H,110,131)(H,111,126)(H,112,127)(H,113,128)(H,114,129)(H,134,135)(H4,86,87,94)(H4,88,89,95)(H4,90,91,96)(H4,92,93,97)/t41-,42-,43+,44+,47-,48-,49-,50-,51-,52-,53-,54-,55-,56-,57-,58-,61-,62-,63-,64-/m0/s1. The van der Waals surface area contributed by atoms with Crippen molar-refractivity contribution < 1.29 is 102 Å². The number of hydrogen-bond acceptors (Lipinski definition) is 31. The van der Waals surface area contributed by atoms with E-state index in [2.05, 4.69) is 187 Å². The quantitative estimate of drug-likeness (QED) is 0.0127. The third-order valence-corrected chi connectivity index (χ3v) is 23.7. The summed E-state index contributed by atoms with van der Waals surface area (Å²) < 4.78 is 0. The number of carbonyl (C=O) groups is 18. The van der Waals surface area contributed by atoms with E-state index < -0.39 is 287 Å². The van der Waals surface area contributed by atoms with Crippen LogP contribution in [0, 0.1) is 33.5 Å². The Morgan fingerprint density at radius 3 is 0.794 bits per heavy atom. The summed E-state index contributed by atoms with van der Waals surface area (Å²) in [5.74, 6) is -23.8. The lowest BCUT2D eigenvalue weighted by Crippen LogP contribution is -2.62. The summed E-state index contributed by atoms with van der Waals surface area (Å²) in [6, 6.07) is -7.99. The number of thiol groups is 6. The van der Waals surface area contributed by atoms with Gasteiger partial charge in [0.25, 0.3) is 0 Å². The summed E-state index contributed by atoms with van der Waals surface area (Å²) >= 11 is 25.7. The second-order valence-corrected chi connectivity index (χ2v) is 34.9. The average molecular weight is 2100 g/mol. The number of aliphatic carboxylic acids is 1. The smallest absolute Gasteiger partial charge is 0.326 e. The van der Waals surface area contributed by atoms with E-state index in [1.165, 1.54) is 0 Å². The van der Waals surface area contributed by atoms with E-state index in [1.807, 2.05) is 0 Å². The second kappa shape index (κ2) is 67.4. The number of hydrogen-bond donors (Lipinski definition) is 39. The lowest BCUT2D eigenvalue weighted by atomic mass is 9.97. The van der Waals surface area contributed by atoms with Crippen molar-refractivity contribution in [3.05, 3.63) is 71.8 Å². The molecule has 0 aliphatic carbocycles. The molecule has 0 aliphatic rings. The second-order valence-electron chi connectivity index (χ2n) is 32.7. The van der Waals surface area contributed by atoms with Gasteiger partial charge in [-0.1, -0.05) is 101 Å². The highest BCUT2D eigenvalue weighted by Gasteiger charge is 2.41. The predicted octanol–water partition coefficient (Wildman–Crippen LogP) is -10.1. The number of carboxylic acids is 1. The van der Waals surface area contributed by atoms with Crippen LogP contribution in [-0.4, -0.2) is 328 Å². The molecule has 57 heteroatoms. The average Bonchev–Trinajstić information content (AvgIpc) is 0.851. The fourth-order valence-corrected chi connectivity index (χ4v) is 14.7. The van der Waals surface area contributed by atoms with Crippen molar-refractivity contribution >= 4 is 206 Å². The lowest BCUT2D eigenvalue weighted by molar-refractivity contribution is -0.143.